The maximum absolute atomic E-state index is 7.72. The van der Waals surface area contributed by atoms with Gasteiger partial charge in [0.2, 0.25) is 5.70 Å². The molecule has 0 saturated heterocycles. The molecule has 1 aliphatic heterocycles. The van der Waals surface area contributed by atoms with Gasteiger partial charge in [-0.1, -0.05) is 63.1 Å². The van der Waals surface area contributed by atoms with E-state index in [1.165, 1.54) is 31.4 Å². The van der Waals surface area contributed by atoms with E-state index < -0.39 is 5.60 Å². The third-order valence-corrected chi connectivity index (χ3v) is 8.75. The van der Waals surface area contributed by atoms with Crippen LogP contribution in [-0.2, 0) is 11.3 Å². The molecule has 0 N–H and O–H groups in total. The molecular weight excluding hydrogens is 575 g/mol. The van der Waals surface area contributed by atoms with E-state index in [9.17, 15) is 0 Å². The van der Waals surface area contributed by atoms with E-state index in [1.807, 2.05) is 44.2 Å². The van der Waals surface area contributed by atoms with Gasteiger partial charge in [0, 0.05) is 45.7 Å². The maximum atomic E-state index is 7.72. The zero-order valence-corrected chi connectivity index (χ0v) is 27.9. The summed E-state index contributed by atoms with van der Waals surface area (Å²) in [7, 11) is 0. The average molecular weight is 618 g/mol. The Labute approximate surface area is 273 Å². The van der Waals surface area contributed by atoms with Gasteiger partial charge in [0.15, 0.2) is 5.70 Å². The van der Waals surface area contributed by atoms with Crippen LogP contribution in [0, 0.1) is 13.1 Å². The van der Waals surface area contributed by atoms with Gasteiger partial charge in [0.25, 0.3) is 0 Å². The van der Waals surface area contributed by atoms with Gasteiger partial charge >= 0.3 is 0 Å². The van der Waals surface area contributed by atoms with Crippen LogP contribution in [0.15, 0.2) is 89.5 Å². The summed E-state index contributed by atoms with van der Waals surface area (Å²) in [6, 6.07) is 21.1. The van der Waals surface area contributed by atoms with Crippen LogP contribution in [0.25, 0.3) is 27.9 Å². The first-order chi connectivity index (χ1) is 21.8. The van der Waals surface area contributed by atoms with Crippen molar-refractivity contribution in [2.75, 3.05) is 18.0 Å². The van der Waals surface area contributed by atoms with Crippen molar-refractivity contribution < 1.29 is 9.47 Å². The second-order valence-corrected chi connectivity index (χ2v) is 12.8. The van der Waals surface area contributed by atoms with Crippen molar-refractivity contribution in [3.05, 3.63) is 133 Å². The Bertz CT molecular complexity index is 1650. The molecule has 0 atom stereocenters. The van der Waals surface area contributed by atoms with Gasteiger partial charge in [-0.15, -0.1) is 11.3 Å². The van der Waals surface area contributed by atoms with E-state index in [1.54, 1.807) is 18.3 Å². The highest BCUT2D eigenvalue weighted by atomic mass is 32.1. The normalized spacial score (nSPS) is 15.3. The molecule has 232 valence electrons. The maximum Gasteiger partial charge on any atom is 0.224 e. The molecule has 5 nitrogen and oxygen atoms in total. The van der Waals surface area contributed by atoms with Gasteiger partial charge in [0.1, 0.15) is 23.7 Å². The van der Waals surface area contributed by atoms with Gasteiger partial charge in [-0.25, -0.2) is 9.69 Å². The van der Waals surface area contributed by atoms with Crippen LogP contribution in [0.4, 0.5) is 5.69 Å². The van der Waals surface area contributed by atoms with Gasteiger partial charge in [-0.3, -0.25) is 0 Å². The molecule has 0 fully saturated rings. The van der Waals surface area contributed by atoms with E-state index in [0.717, 1.165) is 45.3 Å². The number of thiophene rings is 1. The summed E-state index contributed by atoms with van der Waals surface area (Å²) in [6.45, 7) is 27.7. The summed E-state index contributed by atoms with van der Waals surface area (Å²) in [4.78, 5) is 11.9. The van der Waals surface area contributed by atoms with Crippen molar-refractivity contribution in [2.24, 2.45) is 0 Å². The molecule has 1 aliphatic rings. The van der Waals surface area contributed by atoms with Crippen molar-refractivity contribution in [3.63, 3.8) is 0 Å². The minimum atomic E-state index is -0.678. The molecule has 0 saturated carbocycles. The van der Waals surface area contributed by atoms with Gasteiger partial charge in [-0.2, -0.15) is 0 Å². The second-order valence-electron chi connectivity index (χ2n) is 11.6. The van der Waals surface area contributed by atoms with E-state index in [-0.39, 0.29) is 0 Å². The summed E-state index contributed by atoms with van der Waals surface area (Å²) in [5.74, 6) is 1.26. The number of ether oxygens (including phenoxy) is 2. The number of nitrogens with zero attached hydrogens (tertiary/aromatic N) is 3. The number of unbranched alkanes of at least 4 members (excludes halogenated alkanes) is 2. The number of benzene rings is 2. The van der Waals surface area contributed by atoms with Gasteiger partial charge < -0.3 is 14.4 Å². The van der Waals surface area contributed by atoms with Crippen LogP contribution >= 0.6 is 11.3 Å². The van der Waals surface area contributed by atoms with Crippen molar-refractivity contribution in [2.45, 2.75) is 72.5 Å². The van der Waals surface area contributed by atoms with E-state index in [2.05, 4.69) is 83.1 Å². The monoisotopic (exact) mass is 617 g/mol. The lowest BCUT2D eigenvalue weighted by atomic mass is 9.97. The Morgan fingerprint density at radius 3 is 2.20 bits per heavy atom. The van der Waals surface area contributed by atoms with Crippen molar-refractivity contribution >= 4 is 35.3 Å². The van der Waals surface area contributed by atoms with Crippen molar-refractivity contribution in [1.82, 2.24) is 0 Å². The predicted octanol–water partition coefficient (Wildman–Crippen LogP) is 11.1. The number of hydrogen-bond acceptors (Lipinski definition) is 4. The minimum Gasteiger partial charge on any atom is -0.507 e. The molecule has 0 unspecified atom stereocenters. The Hall–Kier alpha value is -4.52. The first-order valence-corrected chi connectivity index (χ1v) is 16.5. The zero-order chi connectivity index (χ0) is 32.2. The molecule has 0 amide bonds. The quantitative estimate of drug-likeness (QED) is 0.169. The van der Waals surface area contributed by atoms with Gasteiger partial charge in [0.05, 0.1) is 13.1 Å². The standard InChI is InChI=1S/C39H43N3O2S/c1-8-10-25-42(26-11-9-2)32-19-17-31(36(27-32)43-28-30-15-13-12-14-16-30)18-20-33-21-22-34(45-33)23-24-35-37(41-7)38(29(3)40-6)44-39(35,4)5/h12-24,27H,8-11,25-26,28H2,1-5H3/b20-18+,24-23+,38-29+. The lowest BCUT2D eigenvalue weighted by molar-refractivity contribution is 0.0946. The first-order valence-electron chi connectivity index (χ1n) is 15.7. The highest BCUT2D eigenvalue weighted by Gasteiger charge is 2.37. The minimum absolute atomic E-state index is 0.384. The predicted molar refractivity (Wildman–Crippen MR) is 190 cm³/mol. The van der Waals surface area contributed by atoms with Crippen molar-refractivity contribution in [1.29, 1.82) is 0 Å². The summed E-state index contributed by atoms with van der Waals surface area (Å²) in [6.07, 6.45) is 12.9. The molecule has 0 spiro atoms. The summed E-state index contributed by atoms with van der Waals surface area (Å²) in [5, 5.41) is 0. The molecule has 45 heavy (non-hydrogen) atoms. The Kier molecular flexibility index (Phi) is 11.9. The fraction of sp³-hybridized carbons (Fsp3) is 0.333. The topological polar surface area (TPSA) is 30.4 Å². The molecular formula is C39H43N3O2S. The Balaban J connectivity index is 1.58. The fourth-order valence-corrected chi connectivity index (χ4v) is 5.94. The molecule has 4 rings (SSSR count). The van der Waals surface area contributed by atoms with Crippen molar-refractivity contribution in [3.8, 4) is 5.75 Å². The van der Waals surface area contributed by atoms with Crippen LogP contribution in [0.2, 0.25) is 0 Å². The molecule has 2 aromatic carbocycles. The first kappa shape index (κ1) is 33.4. The number of hydrogen-bond donors (Lipinski definition) is 0. The largest absolute Gasteiger partial charge is 0.507 e. The molecule has 6 heteroatoms. The fourth-order valence-electron chi connectivity index (χ4n) is 5.12. The molecule has 2 heterocycles. The smallest absolute Gasteiger partial charge is 0.224 e. The van der Waals surface area contributed by atoms with Gasteiger partial charge in [-0.05, 0) is 81.7 Å². The highest BCUT2D eigenvalue weighted by Crippen LogP contribution is 2.42. The molecule has 1 aromatic heterocycles. The SMILES string of the molecule is [C-]#[N+]C1=C(/C=C/c2ccc(/C=C/c3ccc(N(CCCC)CCCC)cc3OCc3ccccc3)s2)C(C)(C)O/C1=C(\C)[N+]#[C-]. The average Bonchev–Trinajstić information content (AvgIpc) is 3.62. The molecule has 0 radical (unpaired) electrons. The molecule has 0 aliphatic carbocycles. The number of rotatable bonds is 14. The third kappa shape index (κ3) is 8.78. The van der Waals surface area contributed by atoms with E-state index >= 15 is 0 Å². The Morgan fingerprint density at radius 2 is 1.58 bits per heavy atom. The van der Waals surface area contributed by atoms with E-state index in [0.29, 0.717) is 23.8 Å². The number of anilines is 1. The number of allylic oxidation sites excluding steroid dienone is 1. The van der Waals surface area contributed by atoms with Crippen LogP contribution in [0.1, 0.15) is 81.2 Å². The van der Waals surface area contributed by atoms with Crippen LogP contribution < -0.4 is 9.64 Å². The lowest BCUT2D eigenvalue weighted by Gasteiger charge is -2.25. The zero-order valence-electron chi connectivity index (χ0n) is 27.1. The second kappa shape index (κ2) is 16.0. The third-order valence-electron chi connectivity index (χ3n) is 7.74. The molecule has 3 aromatic rings. The van der Waals surface area contributed by atoms with Crippen LogP contribution in [0.5, 0.6) is 5.75 Å². The van der Waals surface area contributed by atoms with Crippen LogP contribution in [0.3, 0.4) is 0 Å². The summed E-state index contributed by atoms with van der Waals surface area (Å²) < 4.78 is 12.5. The van der Waals surface area contributed by atoms with Crippen LogP contribution in [-0.4, -0.2) is 18.7 Å². The summed E-state index contributed by atoms with van der Waals surface area (Å²) in [5.41, 5.74) is 4.30. The highest BCUT2D eigenvalue weighted by molar-refractivity contribution is 7.13. The Morgan fingerprint density at radius 1 is 0.911 bits per heavy atom. The molecule has 0 bridgehead atoms. The van der Waals surface area contributed by atoms with E-state index in [4.69, 9.17) is 22.6 Å². The lowest BCUT2D eigenvalue weighted by Crippen LogP contribution is -2.25. The summed E-state index contributed by atoms with van der Waals surface area (Å²) >= 11 is 1.67.